The van der Waals surface area contributed by atoms with Crippen LogP contribution in [0.1, 0.15) is 13.3 Å². The number of hydrogen-bond acceptors (Lipinski definition) is 5. The Bertz CT molecular complexity index is 469. The molecule has 0 aromatic heterocycles. The van der Waals surface area contributed by atoms with E-state index in [0.29, 0.717) is 6.54 Å². The van der Waals surface area contributed by atoms with Gasteiger partial charge in [0, 0.05) is 6.54 Å². The Morgan fingerprint density at radius 2 is 1.95 bits per heavy atom. The van der Waals surface area contributed by atoms with Crippen LogP contribution in [0.15, 0.2) is 18.2 Å². The summed E-state index contributed by atoms with van der Waals surface area (Å²) in [4.78, 5) is 10.5. The number of halogens is 2. The highest BCUT2D eigenvalue weighted by Crippen LogP contribution is 2.33. The van der Waals surface area contributed by atoms with Crippen LogP contribution in [-0.4, -0.2) is 35.6 Å². The topological polar surface area (TPSA) is 87.4 Å². The average molecular weight is 289 g/mol. The fourth-order valence-corrected chi connectivity index (χ4v) is 1.57. The lowest BCUT2D eigenvalue weighted by Crippen LogP contribution is -2.31. The van der Waals surface area contributed by atoms with Gasteiger partial charge in [-0.05, 0) is 18.6 Å². The molecule has 0 aliphatic carbocycles. The van der Waals surface area contributed by atoms with Gasteiger partial charge in [-0.15, -0.1) is 0 Å². The van der Waals surface area contributed by atoms with Crippen molar-refractivity contribution in [3.8, 4) is 0 Å². The van der Waals surface area contributed by atoms with E-state index < -0.39 is 24.0 Å². The molecule has 20 heavy (non-hydrogen) atoms. The number of benzene rings is 1. The van der Waals surface area contributed by atoms with Crippen molar-refractivity contribution < 1.29 is 18.8 Å². The smallest absolute Gasteiger partial charge is 0.315 e. The van der Waals surface area contributed by atoms with Crippen molar-refractivity contribution in [3.63, 3.8) is 0 Å². The van der Waals surface area contributed by atoms with Gasteiger partial charge < -0.3 is 15.7 Å². The Labute approximate surface area is 114 Å². The number of para-hydroxylation sites is 1. The third kappa shape index (κ3) is 4.30. The minimum atomic E-state index is -3.33. The molecular weight excluding hydrogens is 272 g/mol. The van der Waals surface area contributed by atoms with Gasteiger partial charge >= 0.3 is 5.69 Å². The Morgan fingerprint density at radius 3 is 2.45 bits per heavy atom. The number of alkyl halides is 2. The van der Waals surface area contributed by atoms with E-state index in [9.17, 15) is 18.9 Å². The molecule has 0 radical (unpaired) electrons. The summed E-state index contributed by atoms with van der Waals surface area (Å²) in [5, 5.41) is 24.8. The molecule has 0 heterocycles. The molecule has 3 N–H and O–H groups in total. The first-order chi connectivity index (χ1) is 9.41. The van der Waals surface area contributed by atoms with E-state index in [4.69, 9.17) is 5.11 Å². The first kappa shape index (κ1) is 16.1. The van der Waals surface area contributed by atoms with Gasteiger partial charge in [0.2, 0.25) is 0 Å². The molecular formula is C12H17F2N3O3. The monoisotopic (exact) mass is 289 g/mol. The van der Waals surface area contributed by atoms with Crippen molar-refractivity contribution in [1.82, 2.24) is 0 Å². The van der Waals surface area contributed by atoms with Crippen LogP contribution in [0.5, 0.6) is 0 Å². The van der Waals surface area contributed by atoms with Gasteiger partial charge in [0.25, 0.3) is 5.92 Å². The maximum Gasteiger partial charge on any atom is 0.315 e. The fourth-order valence-electron chi connectivity index (χ4n) is 1.57. The number of hydrogen-bond donors (Lipinski definition) is 3. The van der Waals surface area contributed by atoms with Crippen molar-refractivity contribution in [2.24, 2.45) is 0 Å². The standard InChI is InChI=1S/C12H17F2N3O3/c1-2-6-15-9-4-3-5-10(11(9)17(19)20)16-7-12(13,14)8-18/h3-5,15-16,18H,2,6-8H2,1H3. The lowest BCUT2D eigenvalue weighted by Gasteiger charge is -2.16. The van der Waals surface area contributed by atoms with Crippen molar-refractivity contribution in [2.45, 2.75) is 19.3 Å². The molecule has 8 heteroatoms. The van der Waals surface area contributed by atoms with Crippen molar-refractivity contribution >= 4 is 17.1 Å². The lowest BCUT2D eigenvalue weighted by molar-refractivity contribution is -0.383. The van der Waals surface area contributed by atoms with Gasteiger partial charge in [-0.2, -0.15) is 0 Å². The number of anilines is 2. The molecule has 0 amide bonds. The second kappa shape index (κ2) is 6.99. The Balaban J connectivity index is 2.97. The molecule has 0 spiro atoms. The second-order valence-electron chi connectivity index (χ2n) is 4.25. The summed E-state index contributed by atoms with van der Waals surface area (Å²) in [6, 6.07) is 4.40. The highest BCUT2D eigenvalue weighted by Gasteiger charge is 2.29. The fraction of sp³-hybridized carbons (Fsp3) is 0.500. The van der Waals surface area contributed by atoms with E-state index in [1.807, 2.05) is 6.92 Å². The number of rotatable bonds is 8. The number of nitrogens with zero attached hydrogens (tertiary/aromatic N) is 1. The Kier molecular flexibility index (Phi) is 5.63. The minimum Gasteiger partial charge on any atom is -0.390 e. The third-order valence-electron chi connectivity index (χ3n) is 2.55. The number of aliphatic hydroxyl groups is 1. The van der Waals surface area contributed by atoms with Gasteiger partial charge in [0.05, 0.1) is 11.5 Å². The quantitative estimate of drug-likeness (QED) is 0.505. The van der Waals surface area contributed by atoms with Crippen molar-refractivity contribution in [2.75, 3.05) is 30.3 Å². The van der Waals surface area contributed by atoms with Crippen LogP contribution in [0.4, 0.5) is 25.8 Å². The van der Waals surface area contributed by atoms with Crippen molar-refractivity contribution in [3.05, 3.63) is 28.3 Å². The summed E-state index contributed by atoms with van der Waals surface area (Å²) in [5.74, 6) is -3.33. The van der Waals surface area contributed by atoms with Crippen LogP contribution >= 0.6 is 0 Å². The largest absolute Gasteiger partial charge is 0.390 e. The molecule has 0 saturated carbocycles. The predicted octanol–water partition coefficient (Wildman–Crippen LogP) is 2.46. The first-order valence-corrected chi connectivity index (χ1v) is 6.15. The van der Waals surface area contributed by atoms with Gasteiger partial charge in [0.15, 0.2) is 0 Å². The Morgan fingerprint density at radius 1 is 1.35 bits per heavy atom. The molecule has 0 aliphatic rings. The van der Waals surface area contributed by atoms with Gasteiger partial charge in [0.1, 0.15) is 18.0 Å². The molecule has 1 aromatic rings. The molecule has 0 fully saturated rings. The average Bonchev–Trinajstić information content (AvgIpc) is 2.42. The zero-order valence-corrected chi connectivity index (χ0v) is 11.0. The number of nitrogens with one attached hydrogen (secondary N) is 2. The van der Waals surface area contributed by atoms with Gasteiger partial charge in [-0.25, -0.2) is 8.78 Å². The van der Waals surface area contributed by atoms with E-state index in [-0.39, 0.29) is 17.1 Å². The molecule has 112 valence electrons. The summed E-state index contributed by atoms with van der Waals surface area (Å²) in [6.45, 7) is 0.253. The molecule has 1 aromatic carbocycles. The summed E-state index contributed by atoms with van der Waals surface area (Å²) in [7, 11) is 0. The molecule has 6 nitrogen and oxygen atoms in total. The zero-order valence-electron chi connectivity index (χ0n) is 11.0. The summed E-state index contributed by atoms with van der Waals surface area (Å²) >= 11 is 0. The summed E-state index contributed by atoms with van der Waals surface area (Å²) in [6.07, 6.45) is 0.775. The molecule has 0 aliphatic heterocycles. The van der Waals surface area contributed by atoms with Crippen molar-refractivity contribution in [1.29, 1.82) is 0 Å². The van der Waals surface area contributed by atoms with E-state index in [1.165, 1.54) is 18.2 Å². The van der Waals surface area contributed by atoms with Gasteiger partial charge in [-0.3, -0.25) is 10.1 Å². The molecule has 0 bridgehead atoms. The van der Waals surface area contributed by atoms with Crippen LogP contribution in [0.2, 0.25) is 0 Å². The molecule has 1 rings (SSSR count). The van der Waals surface area contributed by atoms with E-state index >= 15 is 0 Å². The molecule has 0 atom stereocenters. The maximum atomic E-state index is 13.0. The van der Waals surface area contributed by atoms with E-state index in [0.717, 1.165) is 6.42 Å². The normalized spacial score (nSPS) is 11.2. The highest BCUT2D eigenvalue weighted by molar-refractivity contribution is 5.76. The number of nitro groups is 1. The minimum absolute atomic E-state index is 0.00997. The molecule has 0 saturated heterocycles. The highest BCUT2D eigenvalue weighted by atomic mass is 19.3. The lowest BCUT2D eigenvalue weighted by atomic mass is 10.2. The van der Waals surface area contributed by atoms with Gasteiger partial charge in [-0.1, -0.05) is 13.0 Å². The summed E-state index contributed by atoms with van der Waals surface area (Å²) < 4.78 is 26.0. The van der Waals surface area contributed by atoms with Crippen LogP contribution in [-0.2, 0) is 0 Å². The summed E-state index contributed by atoms with van der Waals surface area (Å²) in [5.41, 5.74) is -0.0203. The SMILES string of the molecule is CCCNc1cccc(NCC(F)(F)CO)c1[N+](=O)[O-]. The molecule has 0 unspecified atom stereocenters. The van der Waals surface area contributed by atoms with Crippen LogP contribution < -0.4 is 10.6 Å². The second-order valence-corrected chi connectivity index (χ2v) is 4.25. The zero-order chi connectivity index (χ0) is 15.2. The predicted molar refractivity (Wildman–Crippen MR) is 72.4 cm³/mol. The maximum absolute atomic E-state index is 13.0. The third-order valence-corrected chi connectivity index (χ3v) is 2.55. The van der Waals surface area contributed by atoms with E-state index in [2.05, 4.69) is 10.6 Å². The number of aliphatic hydroxyl groups excluding tert-OH is 1. The number of nitro benzene ring substituents is 1. The first-order valence-electron chi connectivity index (χ1n) is 6.15. The van der Waals surface area contributed by atoms with Crippen LogP contribution in [0.25, 0.3) is 0 Å². The van der Waals surface area contributed by atoms with E-state index in [1.54, 1.807) is 0 Å². The Hall–Kier alpha value is -1.96. The van der Waals surface area contributed by atoms with Crippen LogP contribution in [0, 0.1) is 10.1 Å². The van der Waals surface area contributed by atoms with Crippen LogP contribution in [0.3, 0.4) is 0 Å².